The monoisotopic (exact) mass is 377 g/mol. The molecule has 0 unspecified atom stereocenters. The molecule has 0 heterocycles. The van der Waals surface area contributed by atoms with Gasteiger partial charge >= 0.3 is 0 Å². The summed E-state index contributed by atoms with van der Waals surface area (Å²) in [5.74, 6) is 0. The van der Waals surface area contributed by atoms with Crippen LogP contribution in [-0.2, 0) is 0 Å². The fourth-order valence-electron chi connectivity index (χ4n) is 3.95. The average molecular weight is 377 g/mol. The summed E-state index contributed by atoms with van der Waals surface area (Å²) in [4.78, 5) is 0. The molecule has 29 heavy (non-hydrogen) atoms. The van der Waals surface area contributed by atoms with E-state index in [1.165, 1.54) is 43.6 Å². The van der Waals surface area contributed by atoms with Crippen LogP contribution >= 0.6 is 0 Å². The highest BCUT2D eigenvalue weighted by molar-refractivity contribution is 6.72. The molecule has 0 saturated carbocycles. The number of benzene rings is 5. The van der Waals surface area contributed by atoms with Crippen molar-refractivity contribution in [3.8, 4) is 11.1 Å². The van der Waals surface area contributed by atoms with E-state index in [0.717, 1.165) is 0 Å². The maximum Gasteiger partial charge on any atom is 0.193 e. The molecule has 0 amide bonds. The van der Waals surface area contributed by atoms with Crippen LogP contribution in [0.5, 0.6) is 0 Å². The molecule has 5 aromatic carbocycles. The molecular formula is C26H22BO2. The van der Waals surface area contributed by atoms with Gasteiger partial charge in [0, 0.05) is 0 Å². The summed E-state index contributed by atoms with van der Waals surface area (Å²) in [6, 6.07) is 38.8. The first-order valence-electron chi connectivity index (χ1n) is 9.30. The Morgan fingerprint density at radius 2 is 0.828 bits per heavy atom. The molecule has 0 atom stereocenters. The van der Waals surface area contributed by atoms with Gasteiger partial charge in [0.25, 0.3) is 0 Å². The van der Waals surface area contributed by atoms with Gasteiger partial charge in [-0.3, -0.25) is 0 Å². The molecule has 2 nitrogen and oxygen atoms in total. The standard InChI is InChI=1S/C26H18B.2H2O/c1-3-11-19(12-4-1)25-21-15-7-9-17-23(21)26(24-18-10-8-16-22(24)25)27-20-13-5-2-6-14-20;;/h1-18H;2*1H2. The number of rotatable bonds is 3. The molecule has 4 N–H and O–H groups in total. The minimum atomic E-state index is 0. The van der Waals surface area contributed by atoms with Gasteiger partial charge in [0.05, 0.1) is 0 Å². The first kappa shape index (κ1) is 20.3. The molecule has 0 aliphatic rings. The van der Waals surface area contributed by atoms with E-state index in [4.69, 9.17) is 0 Å². The summed E-state index contributed by atoms with van der Waals surface area (Å²) in [5.41, 5.74) is 5.08. The molecule has 0 saturated heterocycles. The van der Waals surface area contributed by atoms with Crippen LogP contribution < -0.4 is 10.9 Å². The van der Waals surface area contributed by atoms with Crippen molar-refractivity contribution in [3.05, 3.63) is 109 Å². The van der Waals surface area contributed by atoms with Gasteiger partial charge in [0.2, 0.25) is 0 Å². The van der Waals surface area contributed by atoms with Gasteiger partial charge in [-0.25, -0.2) is 0 Å². The quantitative estimate of drug-likeness (QED) is 0.340. The third-order valence-corrected chi connectivity index (χ3v) is 5.15. The van der Waals surface area contributed by atoms with Crippen LogP contribution in [0.1, 0.15) is 0 Å². The highest BCUT2D eigenvalue weighted by Gasteiger charge is 2.15. The van der Waals surface area contributed by atoms with E-state index in [9.17, 15) is 0 Å². The average Bonchev–Trinajstić information content (AvgIpc) is 2.75. The van der Waals surface area contributed by atoms with Crippen LogP contribution in [0.25, 0.3) is 32.7 Å². The lowest BCUT2D eigenvalue weighted by molar-refractivity contribution is 0.823. The predicted octanol–water partition coefficient (Wildman–Crippen LogP) is 3.67. The summed E-state index contributed by atoms with van der Waals surface area (Å²) in [7, 11) is 2.30. The zero-order valence-electron chi connectivity index (χ0n) is 16.0. The Hall–Kier alpha value is -3.40. The van der Waals surface area contributed by atoms with Crippen molar-refractivity contribution >= 4 is 39.8 Å². The van der Waals surface area contributed by atoms with Gasteiger partial charge in [-0.1, -0.05) is 120 Å². The van der Waals surface area contributed by atoms with Crippen molar-refractivity contribution in [3.63, 3.8) is 0 Å². The molecule has 5 rings (SSSR count). The molecule has 3 heteroatoms. The van der Waals surface area contributed by atoms with Gasteiger partial charge < -0.3 is 11.0 Å². The van der Waals surface area contributed by atoms with Crippen molar-refractivity contribution in [1.29, 1.82) is 0 Å². The van der Waals surface area contributed by atoms with Crippen LogP contribution in [-0.4, -0.2) is 18.2 Å². The molecule has 0 aliphatic heterocycles. The molecule has 0 spiro atoms. The maximum atomic E-state index is 2.30. The Bertz CT molecular complexity index is 1180. The Labute approximate surface area is 171 Å². The summed E-state index contributed by atoms with van der Waals surface area (Å²) < 4.78 is 0. The highest BCUT2D eigenvalue weighted by Crippen LogP contribution is 2.35. The van der Waals surface area contributed by atoms with E-state index in [1.54, 1.807) is 0 Å². The zero-order chi connectivity index (χ0) is 18.1. The van der Waals surface area contributed by atoms with Gasteiger partial charge in [-0.15, -0.1) is 0 Å². The van der Waals surface area contributed by atoms with Crippen molar-refractivity contribution < 1.29 is 11.0 Å². The van der Waals surface area contributed by atoms with Crippen LogP contribution in [0.2, 0.25) is 0 Å². The van der Waals surface area contributed by atoms with Crippen molar-refractivity contribution in [2.45, 2.75) is 0 Å². The summed E-state index contributed by atoms with van der Waals surface area (Å²) in [6.45, 7) is 0. The lowest BCUT2D eigenvalue weighted by Crippen LogP contribution is -2.28. The molecule has 0 fully saturated rings. The molecule has 1 radical (unpaired) electrons. The number of fused-ring (bicyclic) bond motifs is 2. The molecule has 141 valence electrons. The third-order valence-electron chi connectivity index (χ3n) is 5.15. The van der Waals surface area contributed by atoms with Crippen LogP contribution in [0, 0.1) is 0 Å². The smallest absolute Gasteiger partial charge is 0.193 e. The van der Waals surface area contributed by atoms with E-state index < -0.39 is 0 Å². The second kappa shape index (κ2) is 8.74. The second-order valence-electron chi connectivity index (χ2n) is 6.80. The van der Waals surface area contributed by atoms with Gasteiger partial charge in [-0.2, -0.15) is 0 Å². The molecule has 0 aromatic heterocycles. The summed E-state index contributed by atoms with van der Waals surface area (Å²) in [5, 5.41) is 5.17. The van der Waals surface area contributed by atoms with Gasteiger partial charge in [0.1, 0.15) is 0 Å². The molecule has 0 aliphatic carbocycles. The first-order chi connectivity index (χ1) is 13.4. The largest absolute Gasteiger partial charge is 0.412 e. The van der Waals surface area contributed by atoms with Crippen molar-refractivity contribution in [2.75, 3.05) is 0 Å². The zero-order valence-corrected chi connectivity index (χ0v) is 16.0. The second-order valence-corrected chi connectivity index (χ2v) is 6.80. The molecule has 0 bridgehead atoms. The van der Waals surface area contributed by atoms with Gasteiger partial charge in [0.15, 0.2) is 7.28 Å². The Morgan fingerprint density at radius 3 is 1.34 bits per heavy atom. The highest BCUT2D eigenvalue weighted by atomic mass is 16.0. The predicted molar refractivity (Wildman–Crippen MR) is 126 cm³/mol. The van der Waals surface area contributed by atoms with Crippen LogP contribution in [0.3, 0.4) is 0 Å². The minimum absolute atomic E-state index is 0. The maximum absolute atomic E-state index is 2.30. The fraction of sp³-hybridized carbons (Fsp3) is 0. The van der Waals surface area contributed by atoms with Crippen molar-refractivity contribution in [1.82, 2.24) is 0 Å². The normalized spacial score (nSPS) is 10.2. The molecule has 5 aromatic rings. The first-order valence-corrected chi connectivity index (χ1v) is 9.30. The van der Waals surface area contributed by atoms with E-state index in [1.807, 2.05) is 0 Å². The minimum Gasteiger partial charge on any atom is -0.412 e. The number of hydrogen-bond acceptors (Lipinski definition) is 0. The van der Waals surface area contributed by atoms with E-state index in [-0.39, 0.29) is 11.0 Å². The summed E-state index contributed by atoms with van der Waals surface area (Å²) in [6.07, 6.45) is 0. The topological polar surface area (TPSA) is 63.0 Å². The Morgan fingerprint density at radius 1 is 0.414 bits per heavy atom. The van der Waals surface area contributed by atoms with Crippen molar-refractivity contribution in [2.24, 2.45) is 0 Å². The van der Waals surface area contributed by atoms with Gasteiger partial charge in [-0.05, 0) is 32.7 Å². The fourth-order valence-corrected chi connectivity index (χ4v) is 3.95. The Kier molecular flexibility index (Phi) is 6.13. The summed E-state index contributed by atoms with van der Waals surface area (Å²) >= 11 is 0. The Balaban J connectivity index is 0.00000120. The lowest BCUT2D eigenvalue weighted by atomic mass is 9.60. The SMILES string of the molecule is O.O.[B](c1ccccc1)c1c2ccccc2c(-c2ccccc2)c2ccccc12. The van der Waals surface area contributed by atoms with E-state index in [0.29, 0.717) is 0 Å². The molecular weight excluding hydrogens is 355 g/mol. The number of hydrogen-bond donors (Lipinski definition) is 0. The third kappa shape index (κ3) is 3.66. The van der Waals surface area contributed by atoms with E-state index in [2.05, 4.69) is 116 Å². The van der Waals surface area contributed by atoms with Crippen LogP contribution in [0.15, 0.2) is 109 Å². The lowest BCUT2D eigenvalue weighted by Gasteiger charge is -2.17. The van der Waals surface area contributed by atoms with E-state index >= 15 is 0 Å². The van der Waals surface area contributed by atoms with Crippen LogP contribution in [0.4, 0.5) is 0 Å².